The number of hydrogen-bond acceptors (Lipinski definition) is 2. The van der Waals surface area contributed by atoms with Crippen molar-refractivity contribution in [1.82, 2.24) is 9.78 Å². The largest absolute Gasteiger partial charge is 0.382 e. The van der Waals surface area contributed by atoms with Crippen LogP contribution >= 0.6 is 0 Å². The minimum atomic E-state index is 0.540. The van der Waals surface area contributed by atoms with E-state index in [1.807, 2.05) is 16.9 Å². The molecule has 0 spiro atoms. The van der Waals surface area contributed by atoms with Crippen LogP contribution in [0.15, 0.2) is 42.7 Å². The van der Waals surface area contributed by atoms with Gasteiger partial charge >= 0.3 is 0 Å². The van der Waals surface area contributed by atoms with Crippen LogP contribution in [0, 0.1) is 5.92 Å². The lowest BCUT2D eigenvalue weighted by Gasteiger charge is -2.21. The molecule has 108 valence electrons. The first-order valence-electron chi connectivity index (χ1n) is 7.59. The first-order valence-corrected chi connectivity index (χ1v) is 7.59. The third kappa shape index (κ3) is 3.86. The minimum Gasteiger partial charge on any atom is -0.382 e. The van der Waals surface area contributed by atoms with E-state index in [9.17, 15) is 0 Å². The lowest BCUT2D eigenvalue weighted by atomic mass is 9.97. The second-order valence-corrected chi connectivity index (χ2v) is 5.50. The molecule has 0 saturated heterocycles. The molecular weight excluding hydrogens is 246 g/mol. The molecule has 1 heterocycles. The highest BCUT2D eigenvalue weighted by molar-refractivity contribution is 5.51. The van der Waals surface area contributed by atoms with Crippen molar-refractivity contribution in [2.24, 2.45) is 5.92 Å². The van der Waals surface area contributed by atoms with Gasteiger partial charge in [-0.25, -0.2) is 4.68 Å². The number of aromatic nitrogens is 2. The fourth-order valence-corrected chi connectivity index (χ4v) is 2.38. The van der Waals surface area contributed by atoms with Gasteiger partial charge in [0.05, 0.1) is 5.69 Å². The average molecular weight is 271 g/mol. The number of anilines is 1. The maximum absolute atomic E-state index is 4.28. The van der Waals surface area contributed by atoms with Gasteiger partial charge in [0, 0.05) is 24.1 Å². The van der Waals surface area contributed by atoms with E-state index in [2.05, 4.69) is 55.5 Å². The van der Waals surface area contributed by atoms with E-state index in [-0.39, 0.29) is 0 Å². The quantitative estimate of drug-likeness (QED) is 0.803. The first-order chi connectivity index (χ1) is 9.72. The van der Waals surface area contributed by atoms with E-state index < -0.39 is 0 Å². The molecule has 1 N–H and O–H groups in total. The topological polar surface area (TPSA) is 29.9 Å². The molecular formula is C17H25N3. The highest BCUT2D eigenvalue weighted by Crippen LogP contribution is 2.19. The summed E-state index contributed by atoms with van der Waals surface area (Å²) >= 11 is 0. The van der Waals surface area contributed by atoms with Crippen LogP contribution in [-0.2, 0) is 0 Å². The molecule has 0 saturated carbocycles. The van der Waals surface area contributed by atoms with Crippen molar-refractivity contribution in [2.45, 2.75) is 46.1 Å². The summed E-state index contributed by atoms with van der Waals surface area (Å²) in [6, 6.07) is 10.9. The van der Waals surface area contributed by atoms with Gasteiger partial charge in [-0.15, -0.1) is 0 Å². The number of benzene rings is 1. The van der Waals surface area contributed by atoms with E-state index in [0.29, 0.717) is 6.04 Å². The van der Waals surface area contributed by atoms with Gasteiger partial charge in [-0.3, -0.25) is 0 Å². The Morgan fingerprint density at radius 3 is 2.70 bits per heavy atom. The number of nitrogens with zero attached hydrogens (tertiary/aromatic N) is 2. The van der Waals surface area contributed by atoms with Crippen molar-refractivity contribution in [3.63, 3.8) is 0 Å². The number of hydrogen-bond donors (Lipinski definition) is 1. The first kappa shape index (κ1) is 14.6. The molecule has 0 radical (unpaired) electrons. The van der Waals surface area contributed by atoms with Gasteiger partial charge < -0.3 is 5.32 Å². The van der Waals surface area contributed by atoms with E-state index in [1.54, 1.807) is 6.20 Å². The zero-order valence-corrected chi connectivity index (χ0v) is 12.7. The van der Waals surface area contributed by atoms with Gasteiger partial charge in [-0.1, -0.05) is 33.3 Å². The Balaban J connectivity index is 2.07. The summed E-state index contributed by atoms with van der Waals surface area (Å²) in [5.74, 6) is 0.766. The molecule has 2 unspecified atom stereocenters. The number of nitrogens with one attached hydrogen (secondary N) is 1. The predicted molar refractivity (Wildman–Crippen MR) is 85.3 cm³/mol. The van der Waals surface area contributed by atoms with E-state index in [0.717, 1.165) is 18.0 Å². The van der Waals surface area contributed by atoms with E-state index in [1.165, 1.54) is 18.5 Å². The van der Waals surface area contributed by atoms with E-state index >= 15 is 0 Å². The van der Waals surface area contributed by atoms with Crippen LogP contribution < -0.4 is 5.32 Å². The standard InChI is InChI=1S/C17H25N3/c1-4-14(3)12-15(5-2)19-16-8-6-9-17(13-16)20-11-7-10-18-20/h6-11,13-15,19H,4-5,12H2,1-3H3. The SMILES string of the molecule is CCC(C)CC(CC)Nc1cccc(-n2cccn2)c1. The molecule has 0 aliphatic carbocycles. The third-order valence-electron chi connectivity index (χ3n) is 3.86. The Morgan fingerprint density at radius 2 is 2.05 bits per heavy atom. The van der Waals surface area contributed by atoms with Crippen LogP contribution in [0.2, 0.25) is 0 Å². The van der Waals surface area contributed by atoms with Crippen LogP contribution in [-0.4, -0.2) is 15.8 Å². The summed E-state index contributed by atoms with van der Waals surface area (Å²) in [4.78, 5) is 0. The molecule has 3 heteroatoms. The Bertz CT molecular complexity index is 505. The van der Waals surface area contributed by atoms with Gasteiger partial charge in [-0.2, -0.15) is 5.10 Å². The third-order valence-corrected chi connectivity index (χ3v) is 3.86. The smallest absolute Gasteiger partial charge is 0.0666 e. The molecule has 3 nitrogen and oxygen atoms in total. The second-order valence-electron chi connectivity index (χ2n) is 5.50. The Kier molecular flexibility index (Phi) is 5.22. The molecule has 2 rings (SSSR count). The van der Waals surface area contributed by atoms with Crippen LogP contribution in [0.4, 0.5) is 5.69 Å². The molecule has 0 aliphatic heterocycles. The zero-order chi connectivity index (χ0) is 14.4. The molecule has 0 bridgehead atoms. The molecule has 20 heavy (non-hydrogen) atoms. The van der Waals surface area contributed by atoms with Gasteiger partial charge in [-0.05, 0) is 43.0 Å². The monoisotopic (exact) mass is 271 g/mol. The molecule has 0 amide bonds. The second kappa shape index (κ2) is 7.13. The molecule has 2 aromatic rings. The number of rotatable bonds is 7. The van der Waals surface area contributed by atoms with Crippen LogP contribution in [0.1, 0.15) is 40.0 Å². The maximum atomic E-state index is 4.28. The Hall–Kier alpha value is -1.77. The van der Waals surface area contributed by atoms with Crippen LogP contribution in [0.25, 0.3) is 5.69 Å². The van der Waals surface area contributed by atoms with Crippen molar-refractivity contribution < 1.29 is 0 Å². The van der Waals surface area contributed by atoms with Crippen molar-refractivity contribution >= 4 is 5.69 Å². The lowest BCUT2D eigenvalue weighted by molar-refractivity contribution is 0.462. The molecule has 2 atom stereocenters. The van der Waals surface area contributed by atoms with E-state index in [4.69, 9.17) is 0 Å². The van der Waals surface area contributed by atoms with Crippen molar-refractivity contribution in [2.75, 3.05) is 5.32 Å². The normalized spacial score (nSPS) is 13.9. The fourth-order valence-electron chi connectivity index (χ4n) is 2.38. The van der Waals surface area contributed by atoms with Crippen molar-refractivity contribution in [3.05, 3.63) is 42.7 Å². The summed E-state index contributed by atoms with van der Waals surface area (Å²) < 4.78 is 1.89. The predicted octanol–water partition coefficient (Wildman–Crippen LogP) is 4.50. The maximum Gasteiger partial charge on any atom is 0.0666 e. The summed E-state index contributed by atoms with van der Waals surface area (Å²) in [5, 5.41) is 7.93. The summed E-state index contributed by atoms with van der Waals surface area (Å²) in [6.07, 6.45) is 7.38. The van der Waals surface area contributed by atoms with Crippen LogP contribution in [0.3, 0.4) is 0 Å². The van der Waals surface area contributed by atoms with Crippen molar-refractivity contribution in [1.29, 1.82) is 0 Å². The van der Waals surface area contributed by atoms with Gasteiger partial charge in [0.25, 0.3) is 0 Å². The molecule has 0 aliphatic rings. The zero-order valence-electron chi connectivity index (χ0n) is 12.7. The molecule has 1 aromatic heterocycles. The highest BCUT2D eigenvalue weighted by atomic mass is 15.3. The average Bonchev–Trinajstić information content (AvgIpc) is 3.01. The molecule has 0 fully saturated rings. The lowest BCUT2D eigenvalue weighted by Crippen LogP contribution is -2.21. The molecule has 1 aromatic carbocycles. The Labute approximate surface area is 122 Å². The van der Waals surface area contributed by atoms with Crippen molar-refractivity contribution in [3.8, 4) is 5.69 Å². The minimum absolute atomic E-state index is 0.540. The van der Waals surface area contributed by atoms with Gasteiger partial charge in [0.1, 0.15) is 0 Å². The highest BCUT2D eigenvalue weighted by Gasteiger charge is 2.10. The van der Waals surface area contributed by atoms with Gasteiger partial charge in [0.15, 0.2) is 0 Å². The summed E-state index contributed by atoms with van der Waals surface area (Å²) in [6.45, 7) is 6.83. The van der Waals surface area contributed by atoms with Gasteiger partial charge in [0.2, 0.25) is 0 Å². The summed E-state index contributed by atoms with van der Waals surface area (Å²) in [7, 11) is 0. The Morgan fingerprint density at radius 1 is 1.20 bits per heavy atom. The van der Waals surface area contributed by atoms with Crippen LogP contribution in [0.5, 0.6) is 0 Å². The summed E-state index contributed by atoms with van der Waals surface area (Å²) in [5.41, 5.74) is 2.27. The fraction of sp³-hybridized carbons (Fsp3) is 0.471.